The van der Waals surface area contributed by atoms with Gasteiger partial charge in [0.05, 0.1) is 11.2 Å². The fraction of sp³-hybridized carbons (Fsp3) is 0.550. The second kappa shape index (κ2) is 6.95. The zero-order valence-corrected chi connectivity index (χ0v) is 15.4. The van der Waals surface area contributed by atoms with Gasteiger partial charge in [0.25, 0.3) is 0 Å². The maximum Gasteiger partial charge on any atom is 0.115 e. The molecule has 128 valence electrons. The number of likely N-dealkylation sites (tertiary alicyclic amines) is 1. The van der Waals surface area contributed by atoms with E-state index < -0.39 is 0 Å². The molecule has 4 rings (SSSR count). The zero-order chi connectivity index (χ0) is 16.4. The third-order valence-corrected chi connectivity index (χ3v) is 6.68. The molecule has 1 fully saturated rings. The van der Waals surface area contributed by atoms with Gasteiger partial charge in [-0.15, -0.1) is 11.3 Å². The Labute approximate surface area is 149 Å². The number of hydrogen-bond acceptors (Lipinski definition) is 4. The summed E-state index contributed by atoms with van der Waals surface area (Å²) in [7, 11) is 0. The molecule has 0 spiro atoms. The molecular weight excluding hydrogens is 314 g/mol. The Bertz CT molecular complexity index is 660. The van der Waals surface area contributed by atoms with E-state index in [1.807, 2.05) is 11.3 Å². The van der Waals surface area contributed by atoms with E-state index in [1.165, 1.54) is 48.4 Å². The minimum atomic E-state index is 0.0692. The smallest absolute Gasteiger partial charge is 0.115 e. The van der Waals surface area contributed by atoms with Crippen LogP contribution in [0.4, 0.5) is 0 Å². The van der Waals surface area contributed by atoms with Crippen LogP contribution in [0.3, 0.4) is 0 Å². The van der Waals surface area contributed by atoms with Crippen molar-refractivity contribution in [2.45, 2.75) is 51.1 Å². The lowest BCUT2D eigenvalue weighted by Gasteiger charge is -2.29. The first kappa shape index (κ1) is 16.2. The van der Waals surface area contributed by atoms with Crippen LogP contribution in [0.25, 0.3) is 0 Å². The van der Waals surface area contributed by atoms with E-state index in [1.54, 1.807) is 4.88 Å². The van der Waals surface area contributed by atoms with E-state index in [2.05, 4.69) is 47.5 Å². The summed E-state index contributed by atoms with van der Waals surface area (Å²) in [6.45, 7) is 6.59. The van der Waals surface area contributed by atoms with Gasteiger partial charge in [-0.1, -0.05) is 37.3 Å². The molecule has 1 aromatic heterocycles. The Morgan fingerprint density at radius 3 is 2.92 bits per heavy atom. The second-order valence-corrected chi connectivity index (χ2v) is 8.28. The molecule has 0 bridgehead atoms. The van der Waals surface area contributed by atoms with Crippen molar-refractivity contribution in [2.75, 3.05) is 19.6 Å². The van der Waals surface area contributed by atoms with Crippen LogP contribution in [-0.2, 0) is 24.9 Å². The molecule has 1 saturated heterocycles. The van der Waals surface area contributed by atoms with Crippen LogP contribution >= 0.6 is 11.3 Å². The minimum absolute atomic E-state index is 0.0692. The largest absolute Gasteiger partial charge is 0.304 e. The van der Waals surface area contributed by atoms with Crippen molar-refractivity contribution in [2.24, 2.45) is 0 Å². The molecule has 0 amide bonds. The van der Waals surface area contributed by atoms with Crippen LogP contribution in [0.1, 0.15) is 47.3 Å². The average Bonchev–Trinajstić information content (AvgIpc) is 3.29. The number of aromatic nitrogens is 1. The van der Waals surface area contributed by atoms with Crippen molar-refractivity contribution in [3.05, 3.63) is 51.5 Å². The summed E-state index contributed by atoms with van der Waals surface area (Å²) >= 11 is 1.98. The van der Waals surface area contributed by atoms with Gasteiger partial charge in [0, 0.05) is 24.5 Å². The summed E-state index contributed by atoms with van der Waals surface area (Å²) in [4.78, 5) is 9.20. The SMILES string of the molecule is CCCNC1(c2nc3c(s2)CCC3)CCN(Cc2ccccc2)C1. The van der Waals surface area contributed by atoms with Crippen molar-refractivity contribution in [3.63, 3.8) is 0 Å². The van der Waals surface area contributed by atoms with E-state index in [0.29, 0.717) is 0 Å². The van der Waals surface area contributed by atoms with Gasteiger partial charge in [-0.05, 0) is 44.2 Å². The number of aryl methyl sites for hydroxylation is 2. The number of rotatable bonds is 6. The summed E-state index contributed by atoms with van der Waals surface area (Å²) < 4.78 is 0. The average molecular weight is 342 g/mol. The number of fused-ring (bicyclic) bond motifs is 1. The normalized spacial score (nSPS) is 23.7. The van der Waals surface area contributed by atoms with Gasteiger partial charge >= 0.3 is 0 Å². The van der Waals surface area contributed by atoms with Crippen LogP contribution in [0.5, 0.6) is 0 Å². The lowest BCUT2D eigenvalue weighted by molar-refractivity contribution is 0.275. The summed E-state index contributed by atoms with van der Waals surface area (Å²) in [6.07, 6.45) is 6.07. The number of nitrogens with one attached hydrogen (secondary N) is 1. The van der Waals surface area contributed by atoms with Gasteiger partial charge in [-0.3, -0.25) is 4.90 Å². The predicted octanol–water partition coefficient (Wildman–Crippen LogP) is 3.73. The minimum Gasteiger partial charge on any atom is -0.304 e. The third-order valence-electron chi connectivity index (χ3n) is 5.32. The maximum atomic E-state index is 5.07. The van der Waals surface area contributed by atoms with E-state index in [0.717, 1.165) is 26.2 Å². The molecule has 0 saturated carbocycles. The standard InChI is InChI=1S/C20H27N3S/c1-2-12-21-20(19-22-17-9-6-10-18(17)24-19)11-13-23(15-20)14-16-7-4-3-5-8-16/h3-5,7-8,21H,2,6,9-15H2,1H3. The first-order valence-corrected chi connectivity index (χ1v) is 10.1. The fourth-order valence-electron chi connectivity index (χ4n) is 4.02. The summed E-state index contributed by atoms with van der Waals surface area (Å²) in [5.41, 5.74) is 2.86. The summed E-state index contributed by atoms with van der Waals surface area (Å²) in [5, 5.41) is 5.22. The number of hydrogen-bond donors (Lipinski definition) is 1. The van der Waals surface area contributed by atoms with E-state index in [4.69, 9.17) is 4.98 Å². The number of thiazole rings is 1. The molecular formula is C20H27N3S. The van der Waals surface area contributed by atoms with Crippen LogP contribution in [-0.4, -0.2) is 29.5 Å². The van der Waals surface area contributed by atoms with Crippen molar-refractivity contribution in [1.82, 2.24) is 15.2 Å². The molecule has 1 aliphatic heterocycles. The Hall–Kier alpha value is -1.23. The third kappa shape index (κ3) is 3.15. The molecule has 0 radical (unpaired) electrons. The summed E-state index contributed by atoms with van der Waals surface area (Å²) in [5.74, 6) is 0. The molecule has 2 aromatic rings. The monoisotopic (exact) mass is 341 g/mol. The molecule has 1 N–H and O–H groups in total. The highest BCUT2D eigenvalue weighted by molar-refractivity contribution is 7.12. The lowest BCUT2D eigenvalue weighted by atomic mass is 9.99. The van der Waals surface area contributed by atoms with Crippen LogP contribution < -0.4 is 5.32 Å². The first-order chi connectivity index (χ1) is 11.8. The van der Waals surface area contributed by atoms with Crippen LogP contribution in [0, 0.1) is 0 Å². The quantitative estimate of drug-likeness (QED) is 0.868. The van der Waals surface area contributed by atoms with Gasteiger partial charge in [-0.2, -0.15) is 0 Å². The Kier molecular flexibility index (Phi) is 4.70. The van der Waals surface area contributed by atoms with Crippen molar-refractivity contribution >= 4 is 11.3 Å². The van der Waals surface area contributed by atoms with E-state index in [9.17, 15) is 0 Å². The molecule has 2 aliphatic rings. The predicted molar refractivity (Wildman–Crippen MR) is 100 cm³/mol. The topological polar surface area (TPSA) is 28.2 Å². The van der Waals surface area contributed by atoms with E-state index >= 15 is 0 Å². The molecule has 1 aromatic carbocycles. The molecule has 3 nitrogen and oxygen atoms in total. The highest BCUT2D eigenvalue weighted by atomic mass is 32.1. The lowest BCUT2D eigenvalue weighted by Crippen LogP contribution is -2.45. The molecule has 4 heteroatoms. The van der Waals surface area contributed by atoms with E-state index in [-0.39, 0.29) is 5.54 Å². The van der Waals surface area contributed by atoms with Crippen molar-refractivity contribution in [3.8, 4) is 0 Å². The Morgan fingerprint density at radius 1 is 1.25 bits per heavy atom. The highest BCUT2D eigenvalue weighted by Crippen LogP contribution is 2.38. The molecule has 24 heavy (non-hydrogen) atoms. The molecule has 2 heterocycles. The second-order valence-electron chi connectivity index (χ2n) is 7.20. The van der Waals surface area contributed by atoms with Crippen molar-refractivity contribution in [1.29, 1.82) is 0 Å². The summed E-state index contributed by atoms with van der Waals surface area (Å²) in [6, 6.07) is 10.8. The maximum absolute atomic E-state index is 5.07. The van der Waals surface area contributed by atoms with Gasteiger partial charge in [0.15, 0.2) is 0 Å². The zero-order valence-electron chi connectivity index (χ0n) is 14.6. The first-order valence-electron chi connectivity index (χ1n) is 9.29. The van der Waals surface area contributed by atoms with Crippen molar-refractivity contribution < 1.29 is 0 Å². The van der Waals surface area contributed by atoms with Gasteiger partial charge in [-0.25, -0.2) is 4.98 Å². The number of benzene rings is 1. The number of nitrogens with zero attached hydrogens (tertiary/aromatic N) is 2. The van der Waals surface area contributed by atoms with Gasteiger partial charge in [0.2, 0.25) is 0 Å². The molecule has 1 atom stereocenters. The van der Waals surface area contributed by atoms with Crippen LogP contribution in [0.2, 0.25) is 0 Å². The van der Waals surface area contributed by atoms with Gasteiger partial charge < -0.3 is 5.32 Å². The highest BCUT2D eigenvalue weighted by Gasteiger charge is 2.42. The Morgan fingerprint density at radius 2 is 2.12 bits per heavy atom. The molecule has 1 unspecified atom stereocenters. The fourth-order valence-corrected chi connectivity index (χ4v) is 5.35. The molecule has 1 aliphatic carbocycles. The van der Waals surface area contributed by atoms with Gasteiger partial charge in [0.1, 0.15) is 5.01 Å². The van der Waals surface area contributed by atoms with Crippen LogP contribution in [0.15, 0.2) is 30.3 Å². The Balaban J connectivity index is 1.53.